The van der Waals surface area contributed by atoms with E-state index < -0.39 is 5.82 Å². The van der Waals surface area contributed by atoms with E-state index in [4.69, 9.17) is 5.73 Å². The van der Waals surface area contributed by atoms with Gasteiger partial charge in [0.15, 0.2) is 5.82 Å². The normalized spacial score (nSPS) is 11.6. The average Bonchev–Trinajstić information content (AvgIpc) is 2.27. The molecule has 0 aromatic carbocycles. The van der Waals surface area contributed by atoms with Gasteiger partial charge in [0.2, 0.25) is 0 Å². The van der Waals surface area contributed by atoms with Crippen LogP contribution in [0.15, 0.2) is 24.5 Å². The summed E-state index contributed by atoms with van der Waals surface area (Å²) in [6.45, 7) is 5.94. The average molecular weight is 246 g/mol. The summed E-state index contributed by atoms with van der Waals surface area (Å²) in [6.07, 6.45) is 2.68. The van der Waals surface area contributed by atoms with Gasteiger partial charge in [0, 0.05) is 23.2 Å². The summed E-state index contributed by atoms with van der Waals surface area (Å²) >= 11 is 0. The summed E-state index contributed by atoms with van der Waals surface area (Å²) in [5.74, 6) is 0.505. The Hall–Kier alpha value is -2.04. The van der Waals surface area contributed by atoms with Crippen LogP contribution in [0.3, 0.4) is 0 Å². The molecule has 2 aromatic heterocycles. The van der Waals surface area contributed by atoms with Crippen LogP contribution in [0.25, 0.3) is 11.3 Å². The SMILES string of the molecule is CC(C)(C)c1nc(N)cc(-c2ccncc2F)n1. The number of rotatable bonds is 1. The Morgan fingerprint density at radius 1 is 1.22 bits per heavy atom. The van der Waals surface area contributed by atoms with E-state index in [0.717, 1.165) is 6.20 Å². The minimum absolute atomic E-state index is 0.242. The van der Waals surface area contributed by atoms with Gasteiger partial charge in [-0.1, -0.05) is 20.8 Å². The topological polar surface area (TPSA) is 64.7 Å². The van der Waals surface area contributed by atoms with E-state index in [1.165, 1.54) is 6.20 Å². The summed E-state index contributed by atoms with van der Waals surface area (Å²) in [5.41, 5.74) is 6.37. The van der Waals surface area contributed by atoms with Crippen molar-refractivity contribution in [1.29, 1.82) is 0 Å². The molecular weight excluding hydrogens is 231 g/mol. The zero-order valence-corrected chi connectivity index (χ0v) is 10.6. The first-order valence-electron chi connectivity index (χ1n) is 5.63. The van der Waals surface area contributed by atoms with Gasteiger partial charge in [-0.3, -0.25) is 4.98 Å². The predicted molar refractivity (Wildman–Crippen MR) is 68.3 cm³/mol. The second-order valence-electron chi connectivity index (χ2n) is 5.11. The lowest BCUT2D eigenvalue weighted by Crippen LogP contribution is -2.17. The quantitative estimate of drug-likeness (QED) is 0.839. The Labute approximate surface area is 105 Å². The van der Waals surface area contributed by atoms with Crippen molar-refractivity contribution in [2.75, 3.05) is 5.73 Å². The van der Waals surface area contributed by atoms with Gasteiger partial charge in [-0.2, -0.15) is 0 Å². The molecule has 2 aromatic rings. The van der Waals surface area contributed by atoms with Crippen molar-refractivity contribution in [3.05, 3.63) is 36.2 Å². The maximum absolute atomic E-state index is 13.7. The fourth-order valence-electron chi connectivity index (χ4n) is 1.52. The zero-order valence-electron chi connectivity index (χ0n) is 10.6. The number of pyridine rings is 1. The Morgan fingerprint density at radius 3 is 2.56 bits per heavy atom. The molecule has 0 radical (unpaired) electrons. The molecule has 0 saturated heterocycles. The molecular formula is C13H15FN4. The van der Waals surface area contributed by atoms with Gasteiger partial charge in [0.1, 0.15) is 11.6 Å². The summed E-state index contributed by atoms with van der Waals surface area (Å²) < 4.78 is 13.7. The molecule has 0 unspecified atom stereocenters. The number of halogens is 1. The molecule has 2 heterocycles. The van der Waals surface area contributed by atoms with Crippen LogP contribution in [0.5, 0.6) is 0 Å². The van der Waals surface area contributed by atoms with Crippen molar-refractivity contribution in [1.82, 2.24) is 15.0 Å². The lowest BCUT2D eigenvalue weighted by molar-refractivity contribution is 0.546. The van der Waals surface area contributed by atoms with Crippen LogP contribution in [0.2, 0.25) is 0 Å². The number of nitrogens with two attached hydrogens (primary N) is 1. The molecule has 0 aliphatic carbocycles. The van der Waals surface area contributed by atoms with E-state index in [9.17, 15) is 4.39 Å². The minimum atomic E-state index is -0.421. The minimum Gasteiger partial charge on any atom is -0.384 e. The zero-order chi connectivity index (χ0) is 13.3. The second-order valence-corrected chi connectivity index (χ2v) is 5.11. The van der Waals surface area contributed by atoms with Crippen LogP contribution in [-0.4, -0.2) is 15.0 Å². The number of aromatic nitrogens is 3. The third kappa shape index (κ3) is 2.45. The summed E-state index contributed by atoms with van der Waals surface area (Å²) in [7, 11) is 0. The molecule has 5 heteroatoms. The van der Waals surface area contributed by atoms with Gasteiger partial charge in [-0.05, 0) is 6.07 Å². The molecule has 2 rings (SSSR count). The molecule has 4 nitrogen and oxygen atoms in total. The number of hydrogen-bond acceptors (Lipinski definition) is 4. The van der Waals surface area contributed by atoms with Crippen LogP contribution in [0, 0.1) is 5.82 Å². The molecule has 0 aliphatic heterocycles. The number of hydrogen-bond donors (Lipinski definition) is 1. The summed E-state index contributed by atoms with van der Waals surface area (Å²) in [6, 6.07) is 3.14. The summed E-state index contributed by atoms with van der Waals surface area (Å²) in [5, 5.41) is 0. The van der Waals surface area contributed by atoms with Crippen LogP contribution in [0.1, 0.15) is 26.6 Å². The Kier molecular flexibility index (Phi) is 2.98. The Morgan fingerprint density at radius 2 is 1.94 bits per heavy atom. The monoisotopic (exact) mass is 246 g/mol. The van der Waals surface area contributed by atoms with Gasteiger partial charge >= 0.3 is 0 Å². The second kappa shape index (κ2) is 4.33. The van der Waals surface area contributed by atoms with Crippen molar-refractivity contribution < 1.29 is 4.39 Å². The Balaban J connectivity index is 2.60. The first-order valence-corrected chi connectivity index (χ1v) is 5.63. The smallest absolute Gasteiger partial charge is 0.150 e. The third-order valence-corrected chi connectivity index (χ3v) is 2.47. The van der Waals surface area contributed by atoms with Crippen molar-refractivity contribution >= 4 is 5.82 Å². The van der Waals surface area contributed by atoms with Gasteiger partial charge < -0.3 is 5.73 Å². The van der Waals surface area contributed by atoms with Crippen molar-refractivity contribution in [3.8, 4) is 11.3 Å². The fraction of sp³-hybridized carbons (Fsp3) is 0.308. The highest BCUT2D eigenvalue weighted by molar-refractivity contribution is 5.62. The van der Waals surface area contributed by atoms with Crippen molar-refractivity contribution in [3.63, 3.8) is 0 Å². The van der Waals surface area contributed by atoms with E-state index in [-0.39, 0.29) is 5.41 Å². The summed E-state index contributed by atoms with van der Waals surface area (Å²) in [4.78, 5) is 12.3. The van der Waals surface area contributed by atoms with E-state index in [2.05, 4.69) is 15.0 Å². The molecule has 0 bridgehead atoms. The molecule has 0 amide bonds. The lowest BCUT2D eigenvalue weighted by atomic mass is 9.95. The predicted octanol–water partition coefficient (Wildman–Crippen LogP) is 2.56. The largest absolute Gasteiger partial charge is 0.384 e. The van der Waals surface area contributed by atoms with Gasteiger partial charge in [0.25, 0.3) is 0 Å². The highest BCUT2D eigenvalue weighted by Gasteiger charge is 2.19. The van der Waals surface area contributed by atoms with Crippen molar-refractivity contribution in [2.45, 2.75) is 26.2 Å². The number of nitrogens with zero attached hydrogens (tertiary/aromatic N) is 3. The number of nitrogen functional groups attached to an aromatic ring is 1. The first kappa shape index (κ1) is 12.4. The van der Waals surface area contributed by atoms with Gasteiger partial charge in [-0.25, -0.2) is 14.4 Å². The highest BCUT2D eigenvalue weighted by atomic mass is 19.1. The van der Waals surface area contributed by atoms with E-state index in [0.29, 0.717) is 22.9 Å². The third-order valence-electron chi connectivity index (χ3n) is 2.47. The van der Waals surface area contributed by atoms with Crippen LogP contribution >= 0.6 is 0 Å². The molecule has 0 atom stereocenters. The molecule has 0 spiro atoms. The van der Waals surface area contributed by atoms with Crippen molar-refractivity contribution in [2.24, 2.45) is 0 Å². The van der Waals surface area contributed by atoms with Gasteiger partial charge in [0.05, 0.1) is 11.9 Å². The standard InChI is InChI=1S/C13H15FN4/c1-13(2,3)12-17-10(6-11(15)18-12)8-4-5-16-7-9(8)14/h4-7H,1-3H3,(H2,15,17,18). The molecule has 0 aliphatic rings. The van der Waals surface area contributed by atoms with Gasteiger partial charge in [-0.15, -0.1) is 0 Å². The molecule has 18 heavy (non-hydrogen) atoms. The maximum Gasteiger partial charge on any atom is 0.150 e. The molecule has 2 N–H and O–H groups in total. The number of anilines is 1. The van der Waals surface area contributed by atoms with Crippen LogP contribution in [0.4, 0.5) is 10.2 Å². The van der Waals surface area contributed by atoms with E-state index in [1.807, 2.05) is 20.8 Å². The van der Waals surface area contributed by atoms with Crippen LogP contribution < -0.4 is 5.73 Å². The molecule has 0 fully saturated rings. The van der Waals surface area contributed by atoms with Crippen LogP contribution in [-0.2, 0) is 5.41 Å². The van der Waals surface area contributed by atoms with E-state index in [1.54, 1.807) is 12.1 Å². The molecule has 0 saturated carbocycles. The first-order chi connectivity index (χ1) is 8.38. The van der Waals surface area contributed by atoms with E-state index >= 15 is 0 Å². The Bertz CT molecular complexity index is 575. The molecule has 94 valence electrons. The fourth-order valence-corrected chi connectivity index (χ4v) is 1.52. The highest BCUT2D eigenvalue weighted by Crippen LogP contribution is 2.25. The lowest BCUT2D eigenvalue weighted by Gasteiger charge is -2.17. The maximum atomic E-state index is 13.7.